The molecule has 0 unspecified atom stereocenters. The van der Waals surface area contributed by atoms with Gasteiger partial charge in [0.05, 0.1) is 26.8 Å². The van der Waals surface area contributed by atoms with Crippen molar-refractivity contribution in [3.8, 4) is 0 Å². The molecule has 1 heterocycles. The van der Waals surface area contributed by atoms with E-state index in [0.29, 0.717) is 20.9 Å². The summed E-state index contributed by atoms with van der Waals surface area (Å²) < 4.78 is 0. The van der Waals surface area contributed by atoms with Gasteiger partial charge in [-0.3, -0.25) is 4.79 Å². The number of H-pyrrole nitrogens is 1. The van der Waals surface area contributed by atoms with E-state index in [-0.39, 0.29) is 11.7 Å². The molecule has 0 saturated heterocycles. The fourth-order valence-electron chi connectivity index (χ4n) is 1.90. The lowest BCUT2D eigenvalue weighted by atomic mass is 10.3. The third kappa shape index (κ3) is 3.55. The van der Waals surface area contributed by atoms with Crippen molar-refractivity contribution in [3.63, 3.8) is 0 Å². The molecule has 4 nitrogen and oxygen atoms in total. The number of nitrogens with zero attached hydrogens (tertiary/aromatic N) is 1. The van der Waals surface area contributed by atoms with Crippen molar-refractivity contribution in [1.82, 2.24) is 9.97 Å². The van der Waals surface area contributed by atoms with Gasteiger partial charge in [0.2, 0.25) is 5.91 Å². The number of carbonyl (C=O) groups excluding carboxylic acids is 1. The Labute approximate surface area is 141 Å². The maximum Gasteiger partial charge on any atom is 0.234 e. The highest BCUT2D eigenvalue weighted by Gasteiger charge is 2.08. The van der Waals surface area contributed by atoms with Crippen molar-refractivity contribution in [2.45, 2.75) is 5.16 Å². The van der Waals surface area contributed by atoms with Crippen LogP contribution in [-0.2, 0) is 4.79 Å². The molecule has 2 aromatic carbocycles. The predicted octanol–water partition coefficient (Wildman–Crippen LogP) is 4.60. The molecule has 0 radical (unpaired) electrons. The van der Waals surface area contributed by atoms with Crippen LogP contribution in [0.3, 0.4) is 0 Å². The SMILES string of the molecule is O=C(CSc1nc2ccccc2[nH]1)Nc1ccc(Cl)c(Cl)c1. The zero-order valence-electron chi connectivity index (χ0n) is 11.3. The second-order valence-corrected chi connectivity index (χ2v) is 6.30. The Morgan fingerprint density at radius 3 is 2.77 bits per heavy atom. The van der Waals surface area contributed by atoms with Gasteiger partial charge in [0, 0.05) is 5.69 Å². The van der Waals surface area contributed by atoms with Crippen LogP contribution in [0.4, 0.5) is 5.69 Å². The van der Waals surface area contributed by atoms with Crippen molar-refractivity contribution >= 4 is 57.6 Å². The van der Waals surface area contributed by atoms with Crippen LogP contribution < -0.4 is 5.32 Å². The van der Waals surface area contributed by atoms with Crippen LogP contribution in [0.15, 0.2) is 47.6 Å². The Balaban J connectivity index is 1.60. The van der Waals surface area contributed by atoms with Gasteiger partial charge < -0.3 is 10.3 Å². The van der Waals surface area contributed by atoms with Crippen molar-refractivity contribution in [3.05, 3.63) is 52.5 Å². The van der Waals surface area contributed by atoms with Gasteiger partial charge in [-0.15, -0.1) is 0 Å². The first-order valence-electron chi connectivity index (χ1n) is 6.44. The number of hydrogen-bond acceptors (Lipinski definition) is 3. The summed E-state index contributed by atoms with van der Waals surface area (Å²) >= 11 is 13.1. The molecule has 0 bridgehead atoms. The van der Waals surface area contributed by atoms with Gasteiger partial charge in [-0.25, -0.2) is 4.98 Å². The zero-order valence-corrected chi connectivity index (χ0v) is 13.6. The molecule has 0 aliphatic rings. The van der Waals surface area contributed by atoms with Crippen LogP contribution >= 0.6 is 35.0 Å². The molecular formula is C15H11Cl2N3OS. The van der Waals surface area contributed by atoms with Crippen molar-refractivity contribution in [2.24, 2.45) is 0 Å². The van der Waals surface area contributed by atoms with Gasteiger partial charge in [0.1, 0.15) is 0 Å². The Kier molecular flexibility index (Phi) is 4.57. The van der Waals surface area contributed by atoms with E-state index >= 15 is 0 Å². The summed E-state index contributed by atoms with van der Waals surface area (Å²) in [6, 6.07) is 12.7. The molecule has 3 aromatic rings. The zero-order chi connectivity index (χ0) is 15.5. The van der Waals surface area contributed by atoms with Gasteiger partial charge in [-0.1, -0.05) is 47.1 Å². The lowest BCUT2D eigenvalue weighted by molar-refractivity contribution is -0.113. The normalized spacial score (nSPS) is 10.8. The maximum atomic E-state index is 11.9. The lowest BCUT2D eigenvalue weighted by Crippen LogP contribution is -2.14. The first-order valence-corrected chi connectivity index (χ1v) is 8.18. The quantitative estimate of drug-likeness (QED) is 0.675. The summed E-state index contributed by atoms with van der Waals surface area (Å²) in [5.41, 5.74) is 2.45. The molecular weight excluding hydrogens is 341 g/mol. The van der Waals surface area contributed by atoms with E-state index in [1.165, 1.54) is 11.8 Å². The first-order chi connectivity index (χ1) is 10.6. The van der Waals surface area contributed by atoms with E-state index in [1.54, 1.807) is 18.2 Å². The second-order valence-electron chi connectivity index (χ2n) is 4.52. The minimum atomic E-state index is -0.135. The predicted molar refractivity (Wildman–Crippen MR) is 91.9 cm³/mol. The van der Waals surface area contributed by atoms with Gasteiger partial charge >= 0.3 is 0 Å². The molecule has 0 fully saturated rings. The monoisotopic (exact) mass is 351 g/mol. The number of thioether (sulfide) groups is 1. The van der Waals surface area contributed by atoms with Crippen molar-refractivity contribution in [2.75, 3.05) is 11.1 Å². The second kappa shape index (κ2) is 6.60. The third-order valence-electron chi connectivity index (χ3n) is 2.91. The van der Waals surface area contributed by atoms with E-state index in [2.05, 4.69) is 15.3 Å². The highest BCUT2D eigenvalue weighted by molar-refractivity contribution is 7.99. The fraction of sp³-hybridized carbons (Fsp3) is 0.0667. The molecule has 0 aliphatic carbocycles. The number of imidazole rings is 1. The van der Waals surface area contributed by atoms with Crippen LogP contribution in [0.1, 0.15) is 0 Å². The van der Waals surface area contributed by atoms with Crippen molar-refractivity contribution < 1.29 is 4.79 Å². The van der Waals surface area contributed by atoms with Crippen LogP contribution in [-0.4, -0.2) is 21.6 Å². The number of para-hydroxylation sites is 2. The Morgan fingerprint density at radius 1 is 1.18 bits per heavy atom. The number of nitrogens with one attached hydrogen (secondary N) is 2. The number of halogens is 2. The van der Waals surface area contributed by atoms with E-state index < -0.39 is 0 Å². The number of carbonyl (C=O) groups is 1. The molecule has 0 saturated carbocycles. The molecule has 7 heteroatoms. The summed E-state index contributed by atoms with van der Waals surface area (Å²) in [5.74, 6) is 0.115. The van der Waals surface area contributed by atoms with E-state index in [0.717, 1.165) is 11.0 Å². The summed E-state index contributed by atoms with van der Waals surface area (Å²) in [7, 11) is 0. The number of fused-ring (bicyclic) bond motifs is 1. The average Bonchev–Trinajstić information content (AvgIpc) is 2.92. The molecule has 112 valence electrons. The average molecular weight is 352 g/mol. The van der Waals surface area contributed by atoms with E-state index in [4.69, 9.17) is 23.2 Å². The topological polar surface area (TPSA) is 57.8 Å². The molecule has 3 rings (SSSR count). The number of benzene rings is 2. The summed E-state index contributed by atoms with van der Waals surface area (Å²) in [4.78, 5) is 19.5. The Hall–Kier alpha value is -1.69. The van der Waals surface area contributed by atoms with Crippen molar-refractivity contribution in [1.29, 1.82) is 0 Å². The molecule has 2 N–H and O–H groups in total. The van der Waals surface area contributed by atoms with E-state index in [9.17, 15) is 4.79 Å². The highest BCUT2D eigenvalue weighted by atomic mass is 35.5. The molecule has 1 aromatic heterocycles. The number of hydrogen-bond donors (Lipinski definition) is 2. The van der Waals surface area contributed by atoms with Gasteiger partial charge in [0.25, 0.3) is 0 Å². The largest absolute Gasteiger partial charge is 0.333 e. The van der Waals surface area contributed by atoms with Crippen LogP contribution in [0.5, 0.6) is 0 Å². The lowest BCUT2D eigenvalue weighted by Gasteiger charge is -2.05. The summed E-state index contributed by atoms with van der Waals surface area (Å²) in [6.45, 7) is 0. The number of rotatable bonds is 4. The van der Waals surface area contributed by atoms with Crippen LogP contribution in [0.2, 0.25) is 10.0 Å². The molecule has 0 atom stereocenters. The standard InChI is InChI=1S/C15H11Cl2N3OS/c16-10-6-5-9(7-11(10)17)18-14(21)8-22-15-19-12-3-1-2-4-13(12)20-15/h1-7H,8H2,(H,18,21)(H,19,20). The molecule has 1 amide bonds. The number of aromatic amines is 1. The minimum Gasteiger partial charge on any atom is -0.333 e. The molecule has 0 aliphatic heterocycles. The molecule has 22 heavy (non-hydrogen) atoms. The summed E-state index contributed by atoms with van der Waals surface area (Å²) in [5, 5.41) is 4.34. The van der Waals surface area contributed by atoms with E-state index in [1.807, 2.05) is 24.3 Å². The Bertz CT molecular complexity index is 802. The first kappa shape index (κ1) is 15.2. The molecule has 0 spiro atoms. The number of aromatic nitrogens is 2. The highest BCUT2D eigenvalue weighted by Crippen LogP contribution is 2.25. The summed E-state index contributed by atoms with van der Waals surface area (Å²) in [6.07, 6.45) is 0. The minimum absolute atomic E-state index is 0.135. The van der Waals surface area contributed by atoms with Crippen LogP contribution in [0.25, 0.3) is 11.0 Å². The third-order valence-corrected chi connectivity index (χ3v) is 4.52. The van der Waals surface area contributed by atoms with Gasteiger partial charge in [-0.05, 0) is 30.3 Å². The number of amides is 1. The fourth-order valence-corrected chi connectivity index (χ4v) is 2.89. The smallest absolute Gasteiger partial charge is 0.234 e. The number of anilines is 1. The van der Waals surface area contributed by atoms with Crippen LogP contribution in [0, 0.1) is 0 Å². The Morgan fingerprint density at radius 2 is 2.00 bits per heavy atom. The van der Waals surface area contributed by atoms with Gasteiger partial charge in [0.15, 0.2) is 5.16 Å². The maximum absolute atomic E-state index is 11.9. The van der Waals surface area contributed by atoms with Gasteiger partial charge in [-0.2, -0.15) is 0 Å².